The monoisotopic (exact) mass is 368 g/mol. The van der Waals surface area contributed by atoms with Crippen LogP contribution in [-0.4, -0.2) is 27.8 Å². The van der Waals surface area contributed by atoms with Gasteiger partial charge in [0.05, 0.1) is 6.10 Å². The van der Waals surface area contributed by atoms with Crippen LogP contribution in [0, 0.1) is 0 Å². The van der Waals surface area contributed by atoms with Crippen LogP contribution in [0.15, 0.2) is 66.7 Å². The fraction of sp³-hybridized carbons (Fsp3) is 0.105. The van der Waals surface area contributed by atoms with Gasteiger partial charge in [0.1, 0.15) is 5.82 Å². The van der Waals surface area contributed by atoms with Crippen LogP contribution in [0.1, 0.15) is 22.2 Å². The number of aliphatic hydroxyl groups excluding tert-OH is 1. The van der Waals surface area contributed by atoms with E-state index in [9.17, 15) is 9.90 Å². The molecular weight excluding hydrogens is 352 g/mol. The minimum atomic E-state index is -0.786. The minimum absolute atomic E-state index is 0.200. The van der Waals surface area contributed by atoms with Gasteiger partial charge < -0.3 is 15.7 Å². The third kappa shape index (κ3) is 4.56. The number of nitrogens with zero attached hydrogens (tertiary/aromatic N) is 2. The standard InChI is InChI=1S/C19H17ClN4O2/c20-15-9-5-4-8-14(15)17(25)12-21-18-11-10-16(23-24-18)19(26)22-13-6-2-1-3-7-13/h1-11,17,25H,12H2,(H,21,24)(H,22,26). The van der Waals surface area contributed by atoms with Gasteiger partial charge in [0, 0.05) is 22.8 Å². The number of aromatic nitrogens is 2. The maximum Gasteiger partial charge on any atom is 0.276 e. The van der Waals surface area contributed by atoms with E-state index in [1.54, 1.807) is 42.5 Å². The topological polar surface area (TPSA) is 87.1 Å². The van der Waals surface area contributed by atoms with Crippen LogP contribution < -0.4 is 10.6 Å². The largest absolute Gasteiger partial charge is 0.387 e. The average molecular weight is 369 g/mol. The molecule has 1 heterocycles. The van der Waals surface area contributed by atoms with E-state index in [-0.39, 0.29) is 18.1 Å². The molecule has 0 radical (unpaired) electrons. The number of benzene rings is 2. The molecule has 1 amide bonds. The van der Waals surface area contributed by atoms with Crippen LogP contribution in [0.25, 0.3) is 0 Å². The Morgan fingerprint density at radius 2 is 1.73 bits per heavy atom. The van der Waals surface area contributed by atoms with E-state index in [1.807, 2.05) is 24.3 Å². The predicted molar refractivity (Wildman–Crippen MR) is 101 cm³/mol. The molecule has 0 saturated heterocycles. The lowest BCUT2D eigenvalue weighted by Gasteiger charge is -2.13. The molecule has 26 heavy (non-hydrogen) atoms. The highest BCUT2D eigenvalue weighted by atomic mass is 35.5. The van der Waals surface area contributed by atoms with E-state index in [4.69, 9.17) is 11.6 Å². The number of anilines is 2. The Morgan fingerprint density at radius 3 is 2.42 bits per heavy atom. The van der Waals surface area contributed by atoms with Crippen molar-refractivity contribution < 1.29 is 9.90 Å². The summed E-state index contributed by atoms with van der Waals surface area (Å²) in [6.07, 6.45) is -0.786. The maximum atomic E-state index is 12.1. The SMILES string of the molecule is O=C(Nc1ccccc1)c1ccc(NCC(O)c2ccccc2Cl)nn1. The molecule has 0 spiro atoms. The molecule has 3 N–H and O–H groups in total. The van der Waals surface area contributed by atoms with Gasteiger partial charge in [-0.1, -0.05) is 48.0 Å². The number of amides is 1. The van der Waals surface area contributed by atoms with Gasteiger partial charge in [-0.25, -0.2) is 0 Å². The second-order valence-electron chi connectivity index (χ2n) is 5.54. The van der Waals surface area contributed by atoms with Gasteiger partial charge in [0.25, 0.3) is 5.91 Å². The molecule has 132 valence electrons. The van der Waals surface area contributed by atoms with Crippen molar-refractivity contribution in [1.82, 2.24) is 10.2 Å². The molecule has 0 aliphatic carbocycles. The summed E-state index contributed by atoms with van der Waals surface area (Å²) >= 11 is 6.06. The number of para-hydroxylation sites is 1. The van der Waals surface area contributed by atoms with Gasteiger partial charge in [-0.15, -0.1) is 10.2 Å². The van der Waals surface area contributed by atoms with Crippen molar-refractivity contribution >= 4 is 29.0 Å². The van der Waals surface area contributed by atoms with Gasteiger partial charge in [0.15, 0.2) is 5.69 Å². The summed E-state index contributed by atoms with van der Waals surface area (Å²) in [6.45, 7) is 0.216. The summed E-state index contributed by atoms with van der Waals surface area (Å²) in [5, 5.41) is 24.3. The van der Waals surface area contributed by atoms with Crippen LogP contribution in [0.3, 0.4) is 0 Å². The van der Waals surface area contributed by atoms with E-state index in [2.05, 4.69) is 20.8 Å². The molecule has 7 heteroatoms. The Morgan fingerprint density at radius 1 is 1.00 bits per heavy atom. The minimum Gasteiger partial charge on any atom is -0.387 e. The number of hydrogen-bond donors (Lipinski definition) is 3. The van der Waals surface area contributed by atoms with Gasteiger partial charge in [-0.05, 0) is 30.3 Å². The van der Waals surface area contributed by atoms with Crippen LogP contribution in [-0.2, 0) is 0 Å². The number of rotatable bonds is 6. The summed E-state index contributed by atoms with van der Waals surface area (Å²) in [5.41, 5.74) is 1.52. The zero-order valence-corrected chi connectivity index (χ0v) is 14.5. The lowest BCUT2D eigenvalue weighted by atomic mass is 10.1. The average Bonchev–Trinajstić information content (AvgIpc) is 2.67. The van der Waals surface area contributed by atoms with Gasteiger partial charge in [0.2, 0.25) is 0 Å². The summed E-state index contributed by atoms with van der Waals surface area (Å²) < 4.78 is 0. The summed E-state index contributed by atoms with van der Waals surface area (Å²) in [6, 6.07) is 19.4. The molecule has 1 aromatic heterocycles. The lowest BCUT2D eigenvalue weighted by molar-refractivity contribution is 0.102. The summed E-state index contributed by atoms with van der Waals surface area (Å²) in [5.74, 6) is 0.110. The quantitative estimate of drug-likeness (QED) is 0.619. The van der Waals surface area contributed by atoms with Crippen molar-refractivity contribution in [2.75, 3.05) is 17.2 Å². The molecule has 3 aromatic rings. The first-order valence-electron chi connectivity index (χ1n) is 8.00. The van der Waals surface area contributed by atoms with E-state index < -0.39 is 6.10 Å². The third-order valence-electron chi connectivity index (χ3n) is 3.67. The normalized spacial score (nSPS) is 11.6. The Labute approximate surface area is 155 Å². The predicted octanol–water partition coefficient (Wildman–Crippen LogP) is 3.53. The van der Waals surface area contributed by atoms with Crippen LogP contribution >= 0.6 is 11.6 Å². The second-order valence-corrected chi connectivity index (χ2v) is 5.95. The van der Waals surface area contributed by atoms with Crippen molar-refractivity contribution in [2.24, 2.45) is 0 Å². The lowest BCUT2D eigenvalue weighted by Crippen LogP contribution is -2.16. The molecule has 0 bridgehead atoms. The van der Waals surface area contributed by atoms with Crippen LogP contribution in [0.5, 0.6) is 0 Å². The zero-order valence-electron chi connectivity index (χ0n) is 13.8. The number of carbonyl (C=O) groups is 1. The van der Waals surface area contributed by atoms with Crippen LogP contribution in [0.4, 0.5) is 11.5 Å². The number of hydrogen-bond acceptors (Lipinski definition) is 5. The molecule has 6 nitrogen and oxygen atoms in total. The van der Waals surface area contributed by atoms with Gasteiger partial charge in [-0.3, -0.25) is 4.79 Å². The molecular formula is C19H17ClN4O2. The van der Waals surface area contributed by atoms with Gasteiger partial charge in [-0.2, -0.15) is 0 Å². The number of halogens is 1. The maximum absolute atomic E-state index is 12.1. The smallest absolute Gasteiger partial charge is 0.276 e. The first-order valence-corrected chi connectivity index (χ1v) is 8.38. The van der Waals surface area contributed by atoms with Crippen LogP contribution in [0.2, 0.25) is 5.02 Å². The fourth-order valence-electron chi connectivity index (χ4n) is 2.32. The highest BCUT2D eigenvalue weighted by Crippen LogP contribution is 2.22. The van der Waals surface area contributed by atoms with E-state index in [1.165, 1.54) is 0 Å². The molecule has 0 aliphatic rings. The summed E-state index contributed by atoms with van der Waals surface area (Å²) in [4.78, 5) is 12.1. The summed E-state index contributed by atoms with van der Waals surface area (Å²) in [7, 11) is 0. The molecule has 3 rings (SSSR count). The number of aliphatic hydroxyl groups is 1. The van der Waals surface area contributed by atoms with Crippen molar-refractivity contribution in [1.29, 1.82) is 0 Å². The van der Waals surface area contributed by atoms with Gasteiger partial charge >= 0.3 is 0 Å². The zero-order chi connectivity index (χ0) is 18.4. The Kier molecular flexibility index (Phi) is 5.78. The number of nitrogens with one attached hydrogen (secondary N) is 2. The third-order valence-corrected chi connectivity index (χ3v) is 4.01. The highest BCUT2D eigenvalue weighted by molar-refractivity contribution is 6.31. The van der Waals surface area contributed by atoms with Crippen molar-refractivity contribution in [2.45, 2.75) is 6.10 Å². The Balaban J connectivity index is 1.57. The Bertz CT molecular complexity index is 872. The molecule has 2 aromatic carbocycles. The highest BCUT2D eigenvalue weighted by Gasteiger charge is 2.12. The van der Waals surface area contributed by atoms with Crippen molar-refractivity contribution in [3.05, 3.63) is 83.0 Å². The second kappa shape index (κ2) is 8.42. The molecule has 0 saturated carbocycles. The number of carbonyl (C=O) groups excluding carboxylic acids is 1. The first-order chi connectivity index (χ1) is 12.6. The Hall–Kier alpha value is -2.96. The fourth-order valence-corrected chi connectivity index (χ4v) is 2.58. The van der Waals surface area contributed by atoms with E-state index >= 15 is 0 Å². The van der Waals surface area contributed by atoms with Crippen molar-refractivity contribution in [3.8, 4) is 0 Å². The molecule has 0 aliphatic heterocycles. The molecule has 1 atom stereocenters. The molecule has 0 fully saturated rings. The molecule has 1 unspecified atom stereocenters. The van der Waals surface area contributed by atoms with Crippen molar-refractivity contribution in [3.63, 3.8) is 0 Å². The van der Waals surface area contributed by atoms with E-state index in [0.717, 1.165) is 0 Å². The first kappa shape index (κ1) is 17.8. The van der Waals surface area contributed by atoms with E-state index in [0.29, 0.717) is 22.1 Å².